The zero-order valence-corrected chi connectivity index (χ0v) is 9.84. The number of para-hydroxylation sites is 2. The second kappa shape index (κ2) is 5.03. The van der Waals surface area contributed by atoms with Gasteiger partial charge in [0.25, 0.3) is 0 Å². The van der Waals surface area contributed by atoms with E-state index >= 15 is 0 Å². The molecule has 0 saturated heterocycles. The van der Waals surface area contributed by atoms with Crippen LogP contribution in [0.15, 0.2) is 42.5 Å². The summed E-state index contributed by atoms with van der Waals surface area (Å²) >= 11 is 0. The van der Waals surface area contributed by atoms with Crippen molar-refractivity contribution in [1.82, 2.24) is 0 Å². The van der Waals surface area contributed by atoms with Crippen LogP contribution in [-0.4, -0.2) is 0 Å². The van der Waals surface area contributed by atoms with Crippen LogP contribution in [0.4, 0.5) is 0 Å². The minimum Gasteiger partial charge on any atom is -0.454 e. The molecule has 3 nitrogen and oxygen atoms in total. The highest BCUT2D eigenvalue weighted by Crippen LogP contribution is 2.30. The summed E-state index contributed by atoms with van der Waals surface area (Å²) in [4.78, 5) is 0. The highest BCUT2D eigenvalue weighted by Gasteiger charge is 2.10. The number of nitrogens with zero attached hydrogens (tertiary/aromatic N) is 2. The molecule has 0 aromatic heterocycles. The molecule has 0 atom stereocenters. The molecular weight excluding hydrogens is 224 g/mol. The first-order chi connectivity index (χ1) is 8.76. The standard InChI is InChI=1S/C15H10N2O/c1-11-5-4-7-13(10-17)15(11)18-14-8-3-2-6-12(14)9-16/h2-8H,1H3. The smallest absolute Gasteiger partial charge is 0.148 e. The average molecular weight is 234 g/mol. The van der Waals surface area contributed by atoms with E-state index in [2.05, 4.69) is 12.1 Å². The van der Waals surface area contributed by atoms with Crippen molar-refractivity contribution in [3.05, 3.63) is 59.2 Å². The van der Waals surface area contributed by atoms with Gasteiger partial charge in [-0.3, -0.25) is 0 Å². The van der Waals surface area contributed by atoms with Gasteiger partial charge in [0.2, 0.25) is 0 Å². The molecule has 0 aliphatic carbocycles. The van der Waals surface area contributed by atoms with Crippen LogP contribution in [0.2, 0.25) is 0 Å². The van der Waals surface area contributed by atoms with Crippen molar-refractivity contribution < 1.29 is 4.74 Å². The molecule has 0 bridgehead atoms. The van der Waals surface area contributed by atoms with E-state index in [0.717, 1.165) is 5.56 Å². The minimum atomic E-state index is 0.449. The van der Waals surface area contributed by atoms with E-state index in [1.165, 1.54) is 0 Å². The van der Waals surface area contributed by atoms with Crippen molar-refractivity contribution in [2.75, 3.05) is 0 Å². The highest BCUT2D eigenvalue weighted by atomic mass is 16.5. The summed E-state index contributed by atoms with van der Waals surface area (Å²) in [6, 6.07) is 16.5. The molecule has 86 valence electrons. The third-order valence-corrected chi connectivity index (χ3v) is 2.55. The molecular formula is C15H10N2O. The maximum Gasteiger partial charge on any atom is 0.148 e. The molecule has 0 radical (unpaired) electrons. The van der Waals surface area contributed by atoms with Gasteiger partial charge < -0.3 is 4.74 Å². The molecule has 18 heavy (non-hydrogen) atoms. The second-order valence-electron chi connectivity index (χ2n) is 3.77. The lowest BCUT2D eigenvalue weighted by molar-refractivity contribution is 0.476. The lowest BCUT2D eigenvalue weighted by Crippen LogP contribution is -1.93. The Bertz CT molecular complexity index is 663. The fourth-order valence-corrected chi connectivity index (χ4v) is 1.63. The maximum absolute atomic E-state index is 9.05. The highest BCUT2D eigenvalue weighted by molar-refractivity contribution is 5.52. The van der Waals surface area contributed by atoms with Gasteiger partial charge in [-0.25, -0.2) is 0 Å². The van der Waals surface area contributed by atoms with Crippen molar-refractivity contribution >= 4 is 0 Å². The van der Waals surface area contributed by atoms with Gasteiger partial charge in [-0.15, -0.1) is 0 Å². The fraction of sp³-hybridized carbons (Fsp3) is 0.0667. The third kappa shape index (κ3) is 2.16. The van der Waals surface area contributed by atoms with Gasteiger partial charge in [0.05, 0.1) is 11.1 Å². The summed E-state index contributed by atoms with van der Waals surface area (Å²) in [7, 11) is 0. The zero-order valence-electron chi connectivity index (χ0n) is 9.84. The topological polar surface area (TPSA) is 56.8 Å². The van der Waals surface area contributed by atoms with Crippen LogP contribution in [0.3, 0.4) is 0 Å². The number of benzene rings is 2. The summed E-state index contributed by atoms with van der Waals surface area (Å²) in [6.45, 7) is 1.87. The molecule has 0 spiro atoms. The Morgan fingerprint density at radius 2 is 1.56 bits per heavy atom. The monoisotopic (exact) mass is 234 g/mol. The number of hydrogen-bond donors (Lipinski definition) is 0. The second-order valence-corrected chi connectivity index (χ2v) is 3.77. The largest absolute Gasteiger partial charge is 0.454 e. The lowest BCUT2D eigenvalue weighted by Gasteiger charge is -2.11. The van der Waals surface area contributed by atoms with Crippen molar-refractivity contribution in [3.8, 4) is 23.6 Å². The molecule has 3 heteroatoms. The van der Waals surface area contributed by atoms with Gasteiger partial charge in [0.15, 0.2) is 0 Å². The summed E-state index contributed by atoms with van der Waals surface area (Å²) in [5.41, 5.74) is 1.77. The van der Waals surface area contributed by atoms with Gasteiger partial charge >= 0.3 is 0 Å². The van der Waals surface area contributed by atoms with Gasteiger partial charge in [-0.1, -0.05) is 24.3 Å². The van der Waals surface area contributed by atoms with Crippen molar-refractivity contribution in [1.29, 1.82) is 10.5 Å². The van der Waals surface area contributed by atoms with Crippen LogP contribution < -0.4 is 4.74 Å². The molecule has 0 saturated carbocycles. The summed E-state index contributed by atoms with van der Waals surface area (Å²) < 4.78 is 5.71. The van der Waals surface area contributed by atoms with Crippen LogP contribution in [0.1, 0.15) is 16.7 Å². The fourth-order valence-electron chi connectivity index (χ4n) is 1.63. The molecule has 2 rings (SSSR count). The van der Waals surface area contributed by atoms with Crippen LogP contribution in [0.5, 0.6) is 11.5 Å². The number of rotatable bonds is 2. The van der Waals surface area contributed by atoms with Crippen molar-refractivity contribution in [3.63, 3.8) is 0 Å². The van der Waals surface area contributed by atoms with E-state index in [0.29, 0.717) is 22.6 Å². The number of nitriles is 2. The Morgan fingerprint density at radius 1 is 0.889 bits per heavy atom. The Hall–Kier alpha value is -2.78. The van der Waals surface area contributed by atoms with Crippen molar-refractivity contribution in [2.24, 2.45) is 0 Å². The van der Waals surface area contributed by atoms with E-state index < -0.39 is 0 Å². The normalized spacial score (nSPS) is 9.28. The van der Waals surface area contributed by atoms with Crippen molar-refractivity contribution in [2.45, 2.75) is 6.92 Å². The average Bonchev–Trinajstić information content (AvgIpc) is 2.41. The van der Waals surface area contributed by atoms with Crippen LogP contribution >= 0.6 is 0 Å². The quantitative estimate of drug-likeness (QED) is 0.798. The summed E-state index contributed by atoms with van der Waals surface area (Å²) in [5, 5.41) is 18.0. The Morgan fingerprint density at radius 3 is 2.28 bits per heavy atom. The Balaban J connectivity index is 2.48. The maximum atomic E-state index is 9.05. The van der Waals surface area contributed by atoms with E-state index in [-0.39, 0.29) is 0 Å². The molecule has 0 aliphatic rings. The van der Waals surface area contributed by atoms with Crippen LogP contribution in [0, 0.1) is 29.6 Å². The first-order valence-electron chi connectivity index (χ1n) is 5.43. The van der Waals surface area contributed by atoms with E-state index in [9.17, 15) is 0 Å². The zero-order chi connectivity index (χ0) is 13.0. The van der Waals surface area contributed by atoms with E-state index in [1.54, 1.807) is 36.4 Å². The van der Waals surface area contributed by atoms with Gasteiger partial charge in [0.1, 0.15) is 23.6 Å². The van der Waals surface area contributed by atoms with Gasteiger partial charge in [-0.05, 0) is 30.7 Å². The minimum absolute atomic E-state index is 0.449. The van der Waals surface area contributed by atoms with E-state index in [4.69, 9.17) is 15.3 Å². The van der Waals surface area contributed by atoms with E-state index in [1.807, 2.05) is 13.0 Å². The number of hydrogen-bond acceptors (Lipinski definition) is 3. The molecule has 0 amide bonds. The first-order valence-corrected chi connectivity index (χ1v) is 5.43. The Labute approximate surface area is 105 Å². The molecule has 0 fully saturated rings. The molecule has 0 heterocycles. The predicted molar refractivity (Wildman–Crippen MR) is 67.1 cm³/mol. The SMILES string of the molecule is Cc1cccc(C#N)c1Oc1ccccc1C#N. The summed E-state index contributed by atoms with van der Waals surface area (Å²) in [6.07, 6.45) is 0. The third-order valence-electron chi connectivity index (χ3n) is 2.55. The molecule has 0 unspecified atom stereocenters. The van der Waals surface area contributed by atoms with Crippen LogP contribution in [0.25, 0.3) is 0 Å². The lowest BCUT2D eigenvalue weighted by atomic mass is 10.1. The van der Waals surface area contributed by atoms with Gasteiger partial charge in [0, 0.05) is 0 Å². The molecule has 2 aromatic rings. The molecule has 0 aliphatic heterocycles. The molecule has 0 N–H and O–H groups in total. The predicted octanol–water partition coefficient (Wildman–Crippen LogP) is 3.53. The number of ether oxygens (including phenoxy) is 1. The Kier molecular flexibility index (Phi) is 3.27. The summed E-state index contributed by atoms with van der Waals surface area (Å²) in [5.74, 6) is 0.966. The van der Waals surface area contributed by atoms with Gasteiger partial charge in [-0.2, -0.15) is 10.5 Å². The first kappa shape index (κ1) is 11.7. The van der Waals surface area contributed by atoms with Crippen LogP contribution in [-0.2, 0) is 0 Å². The molecule has 2 aromatic carbocycles. The number of aryl methyl sites for hydroxylation is 1.